The molecule has 1 aromatic carbocycles. The van der Waals surface area contributed by atoms with Gasteiger partial charge in [0, 0.05) is 18.6 Å². The van der Waals surface area contributed by atoms with Gasteiger partial charge in [-0.25, -0.2) is 0 Å². The lowest BCUT2D eigenvalue weighted by molar-refractivity contribution is 0.102. The maximum atomic E-state index is 6.22. The highest BCUT2D eigenvalue weighted by atomic mass is 16.5. The molecule has 0 spiro atoms. The number of ether oxygens (including phenoxy) is 1. The number of benzene rings is 1. The Kier molecular flexibility index (Phi) is 3.98. The average molecular weight is 288 g/mol. The van der Waals surface area contributed by atoms with Gasteiger partial charge < -0.3 is 10.5 Å². The number of nitrogens with zero attached hydrogens (tertiary/aromatic N) is 1. The minimum absolute atomic E-state index is 0.127. The third kappa shape index (κ3) is 2.82. The van der Waals surface area contributed by atoms with Crippen LogP contribution in [-0.2, 0) is 12.8 Å². The molecule has 0 heterocycles. The first-order valence-electron chi connectivity index (χ1n) is 8.15. The van der Waals surface area contributed by atoms with Crippen LogP contribution in [0.3, 0.4) is 0 Å². The van der Waals surface area contributed by atoms with E-state index in [1.807, 2.05) is 0 Å². The number of nitrogens with two attached hydrogens (primary N) is 1. The highest BCUT2D eigenvalue weighted by Gasteiger charge is 2.41. The van der Waals surface area contributed by atoms with E-state index in [0.29, 0.717) is 0 Å². The molecule has 0 radical (unpaired) electrons. The topological polar surface area (TPSA) is 38.5 Å². The Bertz CT molecular complexity index is 516. The van der Waals surface area contributed by atoms with Crippen LogP contribution in [-0.4, -0.2) is 37.7 Å². The van der Waals surface area contributed by atoms with E-state index in [4.69, 9.17) is 10.5 Å². The van der Waals surface area contributed by atoms with Crippen LogP contribution < -0.4 is 10.5 Å². The molecule has 21 heavy (non-hydrogen) atoms. The minimum Gasteiger partial charge on any atom is -0.497 e. The zero-order chi connectivity index (χ0) is 15.0. The van der Waals surface area contributed by atoms with Crippen LogP contribution in [0.4, 0.5) is 0 Å². The Balaban J connectivity index is 1.79. The molecule has 1 saturated carbocycles. The summed E-state index contributed by atoms with van der Waals surface area (Å²) in [6.45, 7) is 4.29. The van der Waals surface area contributed by atoms with Crippen molar-refractivity contribution in [3.63, 3.8) is 0 Å². The molecule has 0 amide bonds. The molecule has 116 valence electrons. The van der Waals surface area contributed by atoms with E-state index in [9.17, 15) is 0 Å². The number of rotatable bonds is 5. The summed E-state index contributed by atoms with van der Waals surface area (Å²) < 4.78 is 5.39. The second kappa shape index (κ2) is 5.62. The van der Waals surface area contributed by atoms with Crippen LogP contribution >= 0.6 is 0 Å². The molecule has 3 atom stereocenters. The number of hydrogen-bond donors (Lipinski definition) is 1. The monoisotopic (exact) mass is 288 g/mol. The summed E-state index contributed by atoms with van der Waals surface area (Å²) >= 11 is 0. The first-order valence-corrected chi connectivity index (χ1v) is 8.15. The van der Waals surface area contributed by atoms with Gasteiger partial charge in [-0.2, -0.15) is 0 Å². The van der Waals surface area contributed by atoms with Gasteiger partial charge in [0.2, 0.25) is 0 Å². The molecular weight excluding hydrogens is 260 g/mol. The molecule has 3 rings (SSSR count). The summed E-state index contributed by atoms with van der Waals surface area (Å²) in [6.07, 6.45) is 4.73. The molecule has 2 aliphatic carbocycles. The third-order valence-corrected chi connectivity index (χ3v) is 5.77. The van der Waals surface area contributed by atoms with E-state index < -0.39 is 0 Å². The fraction of sp³-hybridized carbons (Fsp3) is 0.667. The molecule has 3 heteroatoms. The highest BCUT2D eigenvalue weighted by molar-refractivity contribution is 5.39. The number of aryl methyl sites for hydroxylation is 1. The largest absolute Gasteiger partial charge is 0.497 e. The number of likely N-dealkylation sites (N-methyl/N-ethyl adjacent to an activating group) is 1. The summed E-state index contributed by atoms with van der Waals surface area (Å²) in [5.41, 5.74) is 9.24. The lowest BCUT2D eigenvalue weighted by Crippen LogP contribution is -2.56. The van der Waals surface area contributed by atoms with E-state index >= 15 is 0 Å². The van der Waals surface area contributed by atoms with Crippen LogP contribution in [0.5, 0.6) is 5.75 Å². The lowest BCUT2D eigenvalue weighted by Gasteiger charge is -2.45. The maximum absolute atomic E-state index is 6.22. The maximum Gasteiger partial charge on any atom is 0.119 e. The smallest absolute Gasteiger partial charge is 0.119 e. The molecule has 0 aromatic heterocycles. The minimum atomic E-state index is 0.127. The van der Waals surface area contributed by atoms with Crippen molar-refractivity contribution >= 4 is 0 Å². The number of hydrogen-bond acceptors (Lipinski definition) is 3. The Morgan fingerprint density at radius 2 is 2.14 bits per heavy atom. The van der Waals surface area contributed by atoms with E-state index in [1.54, 1.807) is 7.11 Å². The van der Waals surface area contributed by atoms with E-state index in [0.717, 1.165) is 37.0 Å². The van der Waals surface area contributed by atoms with Gasteiger partial charge in [0.05, 0.1) is 7.11 Å². The predicted molar refractivity (Wildman–Crippen MR) is 86.7 cm³/mol. The summed E-state index contributed by atoms with van der Waals surface area (Å²) in [7, 11) is 4.00. The first kappa shape index (κ1) is 14.9. The Hall–Kier alpha value is -1.06. The van der Waals surface area contributed by atoms with Crippen molar-refractivity contribution in [2.45, 2.75) is 38.1 Å². The quantitative estimate of drug-likeness (QED) is 0.904. The molecular formula is C18H28N2O. The van der Waals surface area contributed by atoms with Gasteiger partial charge >= 0.3 is 0 Å². The zero-order valence-corrected chi connectivity index (χ0v) is 13.6. The number of methoxy groups -OCH3 is 1. The van der Waals surface area contributed by atoms with Crippen LogP contribution in [0.25, 0.3) is 0 Å². The number of fused-ring (bicyclic) bond motifs is 1. The molecule has 1 fully saturated rings. The summed E-state index contributed by atoms with van der Waals surface area (Å²) in [5.74, 6) is 2.74. The molecule has 3 unspecified atom stereocenters. The van der Waals surface area contributed by atoms with Crippen molar-refractivity contribution in [2.75, 3.05) is 27.2 Å². The Morgan fingerprint density at radius 1 is 1.38 bits per heavy atom. The normalized spacial score (nSPS) is 31.1. The highest BCUT2D eigenvalue weighted by Crippen LogP contribution is 2.41. The first-order chi connectivity index (χ1) is 10.1. The standard InChI is InChI=1S/C18H28N2O/c1-13-8-16(13)11-20(2)18(12-19)7-6-14-4-5-17(21-3)9-15(14)10-18/h4-5,9,13,16H,6-8,10-12,19H2,1-3H3. The fourth-order valence-electron chi connectivity index (χ4n) is 3.80. The summed E-state index contributed by atoms with van der Waals surface area (Å²) in [6, 6.07) is 6.49. The summed E-state index contributed by atoms with van der Waals surface area (Å²) in [5, 5.41) is 0. The average Bonchev–Trinajstić information content (AvgIpc) is 3.20. The second-order valence-electron chi connectivity index (χ2n) is 7.09. The van der Waals surface area contributed by atoms with Crippen molar-refractivity contribution in [1.29, 1.82) is 0 Å². The van der Waals surface area contributed by atoms with Crippen LogP contribution in [0.1, 0.15) is 30.9 Å². The third-order valence-electron chi connectivity index (χ3n) is 5.77. The Labute approximate surface area is 128 Å². The van der Waals surface area contributed by atoms with Gasteiger partial charge in [0.15, 0.2) is 0 Å². The van der Waals surface area contributed by atoms with Gasteiger partial charge in [-0.1, -0.05) is 13.0 Å². The Morgan fingerprint density at radius 3 is 2.76 bits per heavy atom. The van der Waals surface area contributed by atoms with Crippen molar-refractivity contribution in [3.05, 3.63) is 29.3 Å². The van der Waals surface area contributed by atoms with E-state index in [1.165, 1.54) is 30.5 Å². The molecule has 2 aliphatic rings. The molecule has 0 saturated heterocycles. The van der Waals surface area contributed by atoms with Gasteiger partial charge in [-0.05, 0) is 67.8 Å². The van der Waals surface area contributed by atoms with Crippen LogP contribution in [0, 0.1) is 11.8 Å². The van der Waals surface area contributed by atoms with Crippen LogP contribution in [0.15, 0.2) is 18.2 Å². The van der Waals surface area contributed by atoms with Gasteiger partial charge in [-0.15, -0.1) is 0 Å². The SMILES string of the molecule is COc1ccc2c(c1)CC(CN)(N(C)CC1CC1C)CC2. The van der Waals surface area contributed by atoms with E-state index in [-0.39, 0.29) is 5.54 Å². The fourth-order valence-corrected chi connectivity index (χ4v) is 3.80. The molecule has 0 bridgehead atoms. The molecule has 3 nitrogen and oxygen atoms in total. The van der Waals surface area contributed by atoms with Crippen molar-refractivity contribution in [1.82, 2.24) is 4.90 Å². The van der Waals surface area contributed by atoms with Crippen molar-refractivity contribution in [3.8, 4) is 5.75 Å². The van der Waals surface area contributed by atoms with Crippen molar-refractivity contribution in [2.24, 2.45) is 17.6 Å². The van der Waals surface area contributed by atoms with Gasteiger partial charge in [0.1, 0.15) is 5.75 Å². The predicted octanol–water partition coefficient (Wildman–Crippen LogP) is 2.47. The summed E-state index contributed by atoms with van der Waals surface area (Å²) in [4.78, 5) is 2.55. The molecule has 1 aromatic rings. The molecule has 0 aliphatic heterocycles. The van der Waals surface area contributed by atoms with E-state index in [2.05, 4.69) is 37.1 Å². The van der Waals surface area contributed by atoms with Gasteiger partial charge in [0.25, 0.3) is 0 Å². The molecule has 2 N–H and O–H groups in total. The lowest BCUT2D eigenvalue weighted by atomic mass is 9.76. The second-order valence-corrected chi connectivity index (χ2v) is 7.09. The zero-order valence-electron chi connectivity index (χ0n) is 13.6. The van der Waals surface area contributed by atoms with Gasteiger partial charge in [-0.3, -0.25) is 4.90 Å². The van der Waals surface area contributed by atoms with Crippen LogP contribution in [0.2, 0.25) is 0 Å². The van der Waals surface area contributed by atoms with Crippen molar-refractivity contribution < 1.29 is 4.74 Å².